The van der Waals surface area contributed by atoms with Gasteiger partial charge in [-0.05, 0) is 13.3 Å². The van der Waals surface area contributed by atoms with Crippen LogP contribution in [0.5, 0.6) is 0 Å². The van der Waals surface area contributed by atoms with E-state index in [1.807, 2.05) is 0 Å². The molecule has 0 aliphatic rings. The summed E-state index contributed by atoms with van der Waals surface area (Å²) in [6.07, 6.45) is -5.49. The van der Waals surface area contributed by atoms with E-state index in [2.05, 4.69) is 0 Å². The zero-order valence-electron chi connectivity index (χ0n) is 8.84. The summed E-state index contributed by atoms with van der Waals surface area (Å²) < 4.78 is 35.4. The summed E-state index contributed by atoms with van der Waals surface area (Å²) in [4.78, 5) is 12.2. The summed E-state index contributed by atoms with van der Waals surface area (Å²) in [5, 5.41) is 8.89. The Bertz CT molecular complexity index is 204. The molecule has 0 heterocycles. The van der Waals surface area contributed by atoms with Crippen molar-refractivity contribution in [3.8, 4) is 0 Å². The van der Waals surface area contributed by atoms with Crippen LogP contribution in [-0.2, 0) is 4.79 Å². The van der Waals surface area contributed by atoms with Gasteiger partial charge < -0.3 is 10.0 Å². The van der Waals surface area contributed by atoms with Gasteiger partial charge in [0, 0.05) is 20.0 Å². The van der Waals surface area contributed by atoms with E-state index in [0.717, 1.165) is 4.90 Å². The molecule has 0 aromatic carbocycles. The number of alkyl halides is 3. The number of aliphatic hydroxyl groups is 1. The van der Waals surface area contributed by atoms with Crippen LogP contribution in [0.1, 0.15) is 26.2 Å². The van der Waals surface area contributed by atoms with Crippen molar-refractivity contribution in [1.29, 1.82) is 0 Å². The molecule has 0 fully saturated rings. The number of rotatable bonds is 5. The highest BCUT2D eigenvalue weighted by atomic mass is 19.4. The molecule has 0 spiro atoms. The van der Waals surface area contributed by atoms with E-state index in [1.165, 1.54) is 14.0 Å². The molecule has 1 N–H and O–H groups in total. The molecule has 0 bridgehead atoms. The van der Waals surface area contributed by atoms with Gasteiger partial charge in [0.05, 0.1) is 12.5 Å². The molecule has 0 aromatic heterocycles. The molecule has 0 aliphatic carbocycles. The van der Waals surface area contributed by atoms with Crippen molar-refractivity contribution in [3.63, 3.8) is 0 Å². The van der Waals surface area contributed by atoms with Crippen LogP contribution >= 0.6 is 0 Å². The second-order valence-electron chi connectivity index (χ2n) is 3.57. The smallest absolute Gasteiger partial charge is 0.390 e. The normalized spacial score (nSPS) is 13.7. The van der Waals surface area contributed by atoms with Crippen LogP contribution < -0.4 is 0 Å². The van der Waals surface area contributed by atoms with Crippen LogP contribution in [0.4, 0.5) is 13.2 Å². The van der Waals surface area contributed by atoms with Crippen molar-refractivity contribution in [2.45, 2.75) is 38.5 Å². The summed E-state index contributed by atoms with van der Waals surface area (Å²) >= 11 is 0. The standard InChI is InChI=1S/C9H16F3NO2/c1-7(14)3-4-8(15)13(2)6-5-9(10,11)12/h7,14H,3-6H2,1-2H3. The predicted octanol–water partition coefficient (Wildman–Crippen LogP) is 1.56. The maximum Gasteiger partial charge on any atom is 0.390 e. The van der Waals surface area contributed by atoms with Crippen molar-refractivity contribution in [3.05, 3.63) is 0 Å². The van der Waals surface area contributed by atoms with Crippen molar-refractivity contribution >= 4 is 5.91 Å². The molecular formula is C9H16F3NO2. The second kappa shape index (κ2) is 5.95. The Kier molecular flexibility index (Phi) is 5.64. The van der Waals surface area contributed by atoms with Crippen molar-refractivity contribution in [2.75, 3.05) is 13.6 Å². The van der Waals surface area contributed by atoms with Crippen molar-refractivity contribution < 1.29 is 23.1 Å². The van der Waals surface area contributed by atoms with Gasteiger partial charge in [0.25, 0.3) is 0 Å². The topological polar surface area (TPSA) is 40.5 Å². The summed E-state index contributed by atoms with van der Waals surface area (Å²) in [5.74, 6) is -0.375. The largest absolute Gasteiger partial charge is 0.393 e. The maximum absolute atomic E-state index is 11.8. The Morgan fingerprint density at radius 2 is 2.00 bits per heavy atom. The molecular weight excluding hydrogens is 211 g/mol. The third-order valence-electron chi connectivity index (χ3n) is 1.93. The summed E-state index contributed by atoms with van der Waals surface area (Å²) in [7, 11) is 1.33. The number of halogens is 3. The Morgan fingerprint density at radius 1 is 1.47 bits per heavy atom. The SMILES string of the molecule is CC(O)CCC(=O)N(C)CCC(F)(F)F. The van der Waals surface area contributed by atoms with Gasteiger partial charge in [0.1, 0.15) is 0 Å². The molecule has 0 saturated heterocycles. The summed E-state index contributed by atoms with van der Waals surface area (Å²) in [6.45, 7) is 1.20. The lowest BCUT2D eigenvalue weighted by atomic mass is 10.2. The summed E-state index contributed by atoms with van der Waals surface area (Å²) in [6, 6.07) is 0. The Labute approximate surface area is 86.9 Å². The first-order valence-electron chi connectivity index (χ1n) is 4.71. The van der Waals surface area contributed by atoms with E-state index in [9.17, 15) is 18.0 Å². The Morgan fingerprint density at radius 3 is 2.40 bits per heavy atom. The fraction of sp³-hybridized carbons (Fsp3) is 0.889. The molecule has 1 atom stereocenters. The van der Waals surface area contributed by atoms with Crippen LogP contribution in [0, 0.1) is 0 Å². The van der Waals surface area contributed by atoms with Crippen LogP contribution in [0.3, 0.4) is 0 Å². The highest BCUT2D eigenvalue weighted by molar-refractivity contribution is 5.75. The molecule has 0 radical (unpaired) electrons. The number of carbonyl (C=O) groups excluding carboxylic acids is 1. The van der Waals surface area contributed by atoms with E-state index < -0.39 is 18.7 Å². The quantitative estimate of drug-likeness (QED) is 0.774. The van der Waals surface area contributed by atoms with Gasteiger partial charge in [-0.15, -0.1) is 0 Å². The monoisotopic (exact) mass is 227 g/mol. The number of carbonyl (C=O) groups is 1. The third kappa shape index (κ3) is 8.23. The minimum absolute atomic E-state index is 0.0754. The number of hydrogen-bond acceptors (Lipinski definition) is 2. The third-order valence-corrected chi connectivity index (χ3v) is 1.93. The van der Waals surface area contributed by atoms with Gasteiger partial charge in [-0.25, -0.2) is 0 Å². The average Bonchev–Trinajstić information content (AvgIpc) is 2.08. The number of amides is 1. The van der Waals surface area contributed by atoms with E-state index in [4.69, 9.17) is 5.11 Å². The maximum atomic E-state index is 11.8. The molecule has 1 unspecified atom stereocenters. The lowest BCUT2D eigenvalue weighted by Gasteiger charge is -2.18. The predicted molar refractivity (Wildman–Crippen MR) is 49.2 cm³/mol. The van der Waals surface area contributed by atoms with Crippen molar-refractivity contribution in [2.24, 2.45) is 0 Å². The molecule has 90 valence electrons. The number of aliphatic hydroxyl groups excluding tert-OH is 1. The van der Waals surface area contributed by atoms with Gasteiger partial charge in [0.2, 0.25) is 5.91 Å². The minimum Gasteiger partial charge on any atom is -0.393 e. The van der Waals surface area contributed by atoms with Gasteiger partial charge in [-0.1, -0.05) is 0 Å². The first-order valence-corrected chi connectivity index (χ1v) is 4.71. The molecule has 0 aliphatic heterocycles. The van der Waals surface area contributed by atoms with Crippen LogP contribution in [-0.4, -0.2) is 41.8 Å². The molecule has 1 amide bonds. The average molecular weight is 227 g/mol. The van der Waals surface area contributed by atoms with E-state index in [-0.39, 0.29) is 25.3 Å². The van der Waals surface area contributed by atoms with Crippen LogP contribution in [0.2, 0.25) is 0 Å². The molecule has 0 aromatic rings. The van der Waals surface area contributed by atoms with Crippen LogP contribution in [0.25, 0.3) is 0 Å². The Balaban J connectivity index is 3.79. The molecule has 6 heteroatoms. The fourth-order valence-corrected chi connectivity index (χ4v) is 0.942. The number of hydrogen-bond donors (Lipinski definition) is 1. The highest BCUT2D eigenvalue weighted by Gasteiger charge is 2.27. The zero-order chi connectivity index (χ0) is 12.1. The molecule has 0 rings (SSSR count). The molecule has 15 heavy (non-hydrogen) atoms. The highest BCUT2D eigenvalue weighted by Crippen LogP contribution is 2.19. The minimum atomic E-state index is -4.24. The molecule has 0 saturated carbocycles. The first-order chi connectivity index (χ1) is 6.72. The van der Waals surface area contributed by atoms with Gasteiger partial charge in [0.15, 0.2) is 0 Å². The summed E-state index contributed by atoms with van der Waals surface area (Å²) in [5.41, 5.74) is 0. The van der Waals surface area contributed by atoms with Gasteiger partial charge in [-0.3, -0.25) is 4.79 Å². The lowest BCUT2D eigenvalue weighted by Crippen LogP contribution is -2.30. The Hall–Kier alpha value is -0.780. The second-order valence-corrected chi connectivity index (χ2v) is 3.57. The van der Waals surface area contributed by atoms with E-state index in [1.54, 1.807) is 0 Å². The van der Waals surface area contributed by atoms with Crippen molar-refractivity contribution in [1.82, 2.24) is 4.90 Å². The lowest BCUT2D eigenvalue weighted by molar-refractivity contribution is -0.144. The zero-order valence-corrected chi connectivity index (χ0v) is 8.84. The van der Waals surface area contributed by atoms with E-state index in [0.29, 0.717) is 0 Å². The fourth-order valence-electron chi connectivity index (χ4n) is 0.942. The number of nitrogens with zero attached hydrogens (tertiary/aromatic N) is 1. The van der Waals surface area contributed by atoms with E-state index >= 15 is 0 Å². The molecule has 3 nitrogen and oxygen atoms in total. The first kappa shape index (κ1) is 14.2. The van der Waals surface area contributed by atoms with Gasteiger partial charge >= 0.3 is 6.18 Å². The van der Waals surface area contributed by atoms with Gasteiger partial charge in [-0.2, -0.15) is 13.2 Å². The van der Waals surface area contributed by atoms with Crippen LogP contribution in [0.15, 0.2) is 0 Å².